The fourth-order valence-electron chi connectivity index (χ4n) is 10.6. The Hall–Kier alpha value is -8.25. The first kappa shape index (κ1) is 48.7. The van der Waals surface area contributed by atoms with Crippen molar-refractivity contribution in [2.45, 2.75) is 52.4 Å². The Morgan fingerprint density at radius 2 is 0.934 bits per heavy atom. The van der Waals surface area contributed by atoms with Gasteiger partial charge in [0.25, 0.3) is 0 Å². The van der Waals surface area contributed by atoms with E-state index in [0.29, 0.717) is 11.6 Å². The molecule has 6 nitrogen and oxygen atoms in total. The number of para-hydroxylation sites is 5. The van der Waals surface area contributed by atoms with Crippen molar-refractivity contribution in [1.82, 2.24) is 14.1 Å². The van der Waals surface area contributed by atoms with Crippen molar-refractivity contribution < 1.29 is 24.1 Å². The number of hydrogen-bond acceptors (Lipinski definition) is 4. The number of imidazole rings is 1. The summed E-state index contributed by atoms with van der Waals surface area (Å²) >= 11 is 2.55. The first-order chi connectivity index (χ1) is 36.9. The van der Waals surface area contributed by atoms with E-state index < -0.39 is 0 Å². The summed E-state index contributed by atoms with van der Waals surface area (Å²) in [6, 6.07) is 86.8. The van der Waals surface area contributed by atoms with Gasteiger partial charge >= 0.3 is 376 Å². The molecule has 0 aliphatic carbocycles. The quantitative estimate of drug-likeness (QED) is 0.128. The molecule has 0 unspecified atom stereocenters. The maximum absolute atomic E-state index is 6.84. The molecule has 9 aromatic carbocycles. The van der Waals surface area contributed by atoms with Crippen LogP contribution in [0.25, 0.3) is 55.8 Å². The molecule has 11 aromatic rings. The Morgan fingerprint density at radius 1 is 0.421 bits per heavy atom. The molecule has 0 N–H and O–H groups in total. The summed E-state index contributed by atoms with van der Waals surface area (Å²) in [6.45, 7) is 13.7. The van der Waals surface area contributed by atoms with E-state index in [4.69, 9.17) is 9.72 Å². The molecule has 0 radical (unpaired) electrons. The molecule has 0 saturated heterocycles. The summed E-state index contributed by atoms with van der Waals surface area (Å²) in [5.74, 6) is 1.97. The number of nitrogens with zero attached hydrogens (tertiary/aromatic N) is 5. The molecule has 0 saturated carbocycles. The van der Waals surface area contributed by atoms with Gasteiger partial charge in [0.15, 0.2) is 0 Å². The second-order valence-corrected chi connectivity index (χ2v) is 22.7. The summed E-state index contributed by atoms with van der Waals surface area (Å²) in [5, 5.41) is 0. The number of rotatable bonds is 10. The van der Waals surface area contributed by atoms with Gasteiger partial charge in [-0.15, -0.1) is 0 Å². The molecule has 0 amide bonds. The van der Waals surface area contributed by atoms with Gasteiger partial charge in [0.2, 0.25) is 0 Å². The number of pyridine rings is 1. The summed E-state index contributed by atoms with van der Waals surface area (Å²) in [4.78, 5) is 10.00. The molecule has 8 heteroatoms. The van der Waals surface area contributed by atoms with E-state index in [2.05, 4.69) is 304 Å². The van der Waals surface area contributed by atoms with Crippen LogP contribution in [0, 0.1) is 3.80 Å². The van der Waals surface area contributed by atoms with Crippen molar-refractivity contribution in [3.8, 4) is 56.4 Å². The molecule has 0 bridgehead atoms. The van der Waals surface area contributed by atoms with E-state index in [9.17, 15) is 0 Å². The van der Waals surface area contributed by atoms with Gasteiger partial charge in [0.1, 0.15) is 0 Å². The van der Waals surface area contributed by atoms with Crippen molar-refractivity contribution >= 4 is 46.4 Å². The predicted molar refractivity (Wildman–Crippen MR) is 313 cm³/mol. The van der Waals surface area contributed by atoms with Crippen molar-refractivity contribution in [2.75, 3.05) is 9.62 Å². The van der Waals surface area contributed by atoms with Gasteiger partial charge in [-0.1, -0.05) is 60.7 Å². The van der Waals surface area contributed by atoms with Crippen molar-refractivity contribution in [3.63, 3.8) is 0 Å². The van der Waals surface area contributed by atoms with Gasteiger partial charge in [0, 0.05) is 5.69 Å². The molecular weight excluding hydrogens is 1110 g/mol. The number of ether oxygens (including phenoxy) is 1. The number of fused-ring (bicyclic) bond motifs is 2. The molecule has 0 fully saturated rings. The molecule has 1 aliphatic heterocycles. The molecule has 12 rings (SSSR count). The zero-order valence-electron chi connectivity index (χ0n) is 43.6. The average Bonchev–Trinajstić information content (AvgIpc) is 3.99. The molecule has 1 aliphatic rings. The zero-order valence-corrected chi connectivity index (χ0v) is 45.9. The second kappa shape index (κ2) is 19.8. The summed E-state index contributed by atoms with van der Waals surface area (Å²) in [6.07, 6.45) is 0. The first-order valence-corrected chi connectivity index (χ1v) is 27.2. The standard InChI is InChI=1S/C68H58BN5O.Pt/c1-67(2,3)52-42-50(48-25-11-7-12-26-48)41-51(43-52)59-45-53(68(4,5)6)44-58(49-27-13-8-14-28-49)66(59)72-47-71(60-35-19-20-36-61(60)72)56-33-23-34-57(46-56)75-65-40-24-39-64(70-65)74-63-38-22-21-37-62(63)73(55-31-17-10-18-32-55)69(74)54-29-15-9-16-30-54;/h7-46H,1-6H3;. The molecular formula is C68H58BN5OPt. The monoisotopic (exact) mass is 1170 g/mol. The van der Waals surface area contributed by atoms with Crippen LogP contribution in [0.3, 0.4) is 0 Å². The van der Waals surface area contributed by atoms with E-state index in [1.54, 1.807) is 0 Å². The summed E-state index contributed by atoms with van der Waals surface area (Å²) in [5.41, 5.74) is 18.1. The number of anilines is 4. The van der Waals surface area contributed by atoms with Crippen molar-refractivity contribution in [1.29, 1.82) is 0 Å². The van der Waals surface area contributed by atoms with Gasteiger partial charge in [-0.05, 0) is 18.2 Å². The van der Waals surface area contributed by atoms with Crippen molar-refractivity contribution in [2.24, 2.45) is 0 Å². The number of aromatic nitrogens is 3. The normalized spacial score (nSPS) is 12.6. The van der Waals surface area contributed by atoms with Crippen LogP contribution in [0.1, 0.15) is 52.7 Å². The second-order valence-electron chi connectivity index (χ2n) is 21.6. The van der Waals surface area contributed by atoms with Crippen LogP contribution in [0.5, 0.6) is 11.6 Å². The van der Waals surface area contributed by atoms with Gasteiger partial charge in [-0.2, -0.15) is 0 Å². The Morgan fingerprint density at radius 3 is 1.59 bits per heavy atom. The molecule has 3 heterocycles. The van der Waals surface area contributed by atoms with Crippen LogP contribution in [-0.4, -0.2) is 21.1 Å². The molecule has 2 aromatic heterocycles. The number of hydrogen-bond donors (Lipinski definition) is 0. The minimum absolute atomic E-state index is 0.0982. The summed E-state index contributed by atoms with van der Waals surface area (Å²) in [7, 11) is 0. The van der Waals surface area contributed by atoms with E-state index in [0.717, 1.165) is 60.1 Å². The molecule has 0 spiro atoms. The van der Waals surface area contributed by atoms with Gasteiger partial charge in [-0.3, -0.25) is 0 Å². The van der Waals surface area contributed by atoms with E-state index in [1.807, 2.05) is 18.2 Å². The average molecular weight is 1170 g/mol. The fourth-order valence-corrected chi connectivity index (χ4v) is 11.7. The van der Waals surface area contributed by atoms with Crippen LogP contribution >= 0.6 is 0 Å². The first-order valence-electron chi connectivity index (χ1n) is 26.1. The third kappa shape index (κ3) is 9.13. The zero-order chi connectivity index (χ0) is 52.1. The predicted octanol–water partition coefficient (Wildman–Crippen LogP) is 17.0. The van der Waals surface area contributed by atoms with Crippen molar-refractivity contribution in [3.05, 3.63) is 258 Å². The van der Waals surface area contributed by atoms with Gasteiger partial charge in [0.05, 0.1) is 0 Å². The van der Waals surface area contributed by atoms with Crippen LogP contribution in [0.2, 0.25) is 0 Å². The van der Waals surface area contributed by atoms with Crippen LogP contribution in [0.4, 0.5) is 22.9 Å². The van der Waals surface area contributed by atoms with E-state index in [-0.39, 0.29) is 17.8 Å². The number of benzene rings is 9. The van der Waals surface area contributed by atoms with Gasteiger partial charge in [-0.25, -0.2) is 0 Å². The Kier molecular flexibility index (Phi) is 12.7. The molecule has 76 heavy (non-hydrogen) atoms. The fraction of sp³-hybridized carbons (Fsp3) is 0.118. The topological polar surface area (TPSA) is 38.5 Å². The Bertz CT molecular complexity index is 3970. The van der Waals surface area contributed by atoms with E-state index >= 15 is 0 Å². The van der Waals surface area contributed by atoms with Crippen LogP contribution in [-0.2, 0) is 30.2 Å². The summed E-state index contributed by atoms with van der Waals surface area (Å²) < 4.78 is 12.7. The SMILES string of the molecule is CC(C)(C)c1cc(-c2ccccc2)cc(-c2cc(C(C)(C)C)cc(-c3ccccc3)c2-n2[c](=[Pt])n(-c3cccc(Oc4cccc(N5B(c6ccccc6)N(c6ccccc6)c6ccccc65)n4)c3)c3ccccc32)c1. The minimum atomic E-state index is -0.191. The third-order valence-corrected chi connectivity index (χ3v) is 15.5. The van der Waals surface area contributed by atoms with Crippen LogP contribution in [0.15, 0.2) is 243 Å². The Labute approximate surface area is 457 Å². The Balaban J connectivity index is 1.00. The van der Waals surface area contributed by atoms with E-state index in [1.165, 1.54) is 38.9 Å². The maximum atomic E-state index is 6.84. The van der Waals surface area contributed by atoms with Gasteiger partial charge < -0.3 is 0 Å². The molecule has 0 atom stereocenters. The third-order valence-electron chi connectivity index (χ3n) is 14.5. The molecule has 374 valence electrons. The van der Waals surface area contributed by atoms with Crippen LogP contribution < -0.4 is 19.8 Å².